The van der Waals surface area contributed by atoms with Crippen molar-refractivity contribution in [2.24, 2.45) is 0 Å². The summed E-state index contributed by atoms with van der Waals surface area (Å²) in [5, 5.41) is 3.39. The fourth-order valence-corrected chi connectivity index (χ4v) is 3.88. The van der Waals surface area contributed by atoms with Crippen LogP contribution in [-0.4, -0.2) is 35.4 Å². The predicted octanol–water partition coefficient (Wildman–Crippen LogP) is 3.23. The summed E-state index contributed by atoms with van der Waals surface area (Å²) in [6, 6.07) is 14.7. The molecule has 0 spiro atoms. The van der Waals surface area contributed by atoms with Crippen LogP contribution in [0.2, 0.25) is 0 Å². The highest BCUT2D eigenvalue weighted by Gasteiger charge is 2.31. The molecule has 3 aromatic rings. The van der Waals surface area contributed by atoms with Gasteiger partial charge in [-0.1, -0.05) is 24.3 Å². The second-order valence-corrected chi connectivity index (χ2v) is 7.48. The zero-order valence-corrected chi connectivity index (χ0v) is 16.3. The molecule has 8 heteroatoms. The van der Waals surface area contributed by atoms with Crippen molar-refractivity contribution < 1.29 is 19.1 Å². The first-order chi connectivity index (χ1) is 14.0. The van der Waals surface area contributed by atoms with E-state index in [4.69, 9.17) is 4.74 Å². The van der Waals surface area contributed by atoms with Gasteiger partial charge in [-0.25, -0.2) is 9.78 Å². The van der Waals surface area contributed by atoms with E-state index >= 15 is 0 Å². The summed E-state index contributed by atoms with van der Waals surface area (Å²) in [6.45, 7) is 1.36. The van der Waals surface area contributed by atoms with Gasteiger partial charge in [0.05, 0.1) is 21.6 Å². The number of anilines is 2. The van der Waals surface area contributed by atoms with Crippen molar-refractivity contribution in [2.45, 2.75) is 13.0 Å². The molecule has 2 aromatic carbocycles. The standard InChI is InChI=1S/C21H17N3O4S/c1-13(21(27)24-12-18(25)22-14-6-2-4-8-16(14)24)28-20(26)11-10-19-23-15-7-3-5-9-17(15)29-19/h2-11,13H,12H2,1H3,(H,22,25)/b11-10+/t13-/m0/s1. The summed E-state index contributed by atoms with van der Waals surface area (Å²) >= 11 is 1.45. The van der Waals surface area contributed by atoms with Crippen LogP contribution < -0.4 is 10.2 Å². The van der Waals surface area contributed by atoms with Gasteiger partial charge in [-0.2, -0.15) is 0 Å². The van der Waals surface area contributed by atoms with Gasteiger partial charge in [0.1, 0.15) is 11.6 Å². The van der Waals surface area contributed by atoms with Crippen molar-refractivity contribution in [1.29, 1.82) is 0 Å². The number of esters is 1. The summed E-state index contributed by atoms with van der Waals surface area (Å²) in [5.41, 5.74) is 1.98. The van der Waals surface area contributed by atoms with Gasteiger partial charge < -0.3 is 10.1 Å². The molecular formula is C21H17N3O4S. The Morgan fingerprint density at radius 1 is 1.21 bits per heavy atom. The van der Waals surface area contributed by atoms with E-state index in [0.717, 1.165) is 10.2 Å². The van der Waals surface area contributed by atoms with E-state index in [0.29, 0.717) is 16.4 Å². The van der Waals surface area contributed by atoms with E-state index in [2.05, 4.69) is 10.3 Å². The number of para-hydroxylation sites is 3. The maximum absolute atomic E-state index is 12.8. The van der Waals surface area contributed by atoms with Crippen LogP contribution in [0.4, 0.5) is 11.4 Å². The normalized spacial score (nSPS) is 14.5. The van der Waals surface area contributed by atoms with Gasteiger partial charge in [0.15, 0.2) is 6.10 Å². The number of aromatic nitrogens is 1. The number of nitrogens with one attached hydrogen (secondary N) is 1. The zero-order chi connectivity index (χ0) is 20.4. The van der Waals surface area contributed by atoms with Gasteiger partial charge in [0.25, 0.3) is 5.91 Å². The molecule has 146 valence electrons. The quantitative estimate of drug-likeness (QED) is 0.530. The minimum Gasteiger partial charge on any atom is -0.449 e. The average Bonchev–Trinajstić information content (AvgIpc) is 3.14. The number of carbonyl (C=O) groups is 3. The molecule has 1 N–H and O–H groups in total. The summed E-state index contributed by atoms with van der Waals surface area (Å²) in [5.74, 6) is -1.42. The van der Waals surface area contributed by atoms with Crippen molar-refractivity contribution in [1.82, 2.24) is 4.98 Å². The Morgan fingerprint density at radius 3 is 2.79 bits per heavy atom. The Morgan fingerprint density at radius 2 is 1.97 bits per heavy atom. The molecule has 0 saturated carbocycles. The SMILES string of the molecule is C[C@H](OC(=O)/C=C/c1nc2ccccc2s1)C(=O)N1CC(=O)Nc2ccccc21. The number of rotatable bonds is 4. The molecule has 0 radical (unpaired) electrons. The molecule has 29 heavy (non-hydrogen) atoms. The third-order valence-corrected chi connectivity index (χ3v) is 5.35. The van der Waals surface area contributed by atoms with Crippen LogP contribution in [0.1, 0.15) is 11.9 Å². The number of nitrogens with zero attached hydrogens (tertiary/aromatic N) is 2. The second-order valence-electron chi connectivity index (χ2n) is 6.42. The molecule has 1 atom stereocenters. The maximum atomic E-state index is 12.8. The molecule has 0 fully saturated rings. The van der Waals surface area contributed by atoms with Gasteiger partial charge >= 0.3 is 5.97 Å². The van der Waals surface area contributed by atoms with Crippen molar-refractivity contribution in [3.8, 4) is 0 Å². The molecule has 1 aliphatic rings. The first-order valence-electron chi connectivity index (χ1n) is 8.96. The average molecular weight is 407 g/mol. The van der Waals surface area contributed by atoms with Crippen LogP contribution in [0.15, 0.2) is 54.6 Å². The van der Waals surface area contributed by atoms with Crippen LogP contribution >= 0.6 is 11.3 Å². The first kappa shape index (κ1) is 18.8. The summed E-state index contributed by atoms with van der Waals surface area (Å²) in [7, 11) is 0. The van der Waals surface area contributed by atoms with E-state index < -0.39 is 18.0 Å². The minimum absolute atomic E-state index is 0.126. The molecule has 0 bridgehead atoms. The van der Waals surface area contributed by atoms with Crippen LogP contribution in [-0.2, 0) is 19.1 Å². The molecule has 0 unspecified atom stereocenters. The topological polar surface area (TPSA) is 88.6 Å². The molecule has 2 heterocycles. The lowest BCUT2D eigenvalue weighted by molar-refractivity contribution is -0.149. The first-order valence-corrected chi connectivity index (χ1v) is 9.77. The lowest BCUT2D eigenvalue weighted by Crippen LogP contribution is -2.46. The number of fused-ring (bicyclic) bond motifs is 2. The third kappa shape index (κ3) is 4.02. The Balaban J connectivity index is 1.43. The fraction of sp³-hybridized carbons (Fsp3) is 0.143. The smallest absolute Gasteiger partial charge is 0.331 e. The highest BCUT2D eigenvalue weighted by molar-refractivity contribution is 7.19. The lowest BCUT2D eigenvalue weighted by atomic mass is 10.1. The van der Waals surface area contributed by atoms with E-state index in [1.54, 1.807) is 30.3 Å². The van der Waals surface area contributed by atoms with E-state index in [9.17, 15) is 14.4 Å². The van der Waals surface area contributed by atoms with Gasteiger partial charge in [-0.3, -0.25) is 14.5 Å². The Bertz CT molecular complexity index is 1100. The Labute approximate surface area is 170 Å². The van der Waals surface area contributed by atoms with Crippen LogP contribution in [0.5, 0.6) is 0 Å². The van der Waals surface area contributed by atoms with Crippen molar-refractivity contribution in [2.75, 3.05) is 16.8 Å². The highest BCUT2D eigenvalue weighted by Crippen LogP contribution is 2.29. The number of carbonyl (C=O) groups excluding carboxylic acids is 3. The van der Waals surface area contributed by atoms with E-state index in [-0.39, 0.29) is 12.5 Å². The Kier molecular flexibility index (Phi) is 5.09. The van der Waals surface area contributed by atoms with Crippen molar-refractivity contribution in [3.63, 3.8) is 0 Å². The number of benzene rings is 2. The minimum atomic E-state index is -1.04. The van der Waals surface area contributed by atoms with Crippen molar-refractivity contribution >= 4 is 56.8 Å². The number of hydrogen-bond donors (Lipinski definition) is 1. The number of hydrogen-bond acceptors (Lipinski definition) is 6. The molecule has 1 aromatic heterocycles. The van der Waals surface area contributed by atoms with E-state index in [1.807, 2.05) is 24.3 Å². The third-order valence-electron chi connectivity index (χ3n) is 4.35. The van der Waals surface area contributed by atoms with Crippen molar-refractivity contribution in [3.05, 3.63) is 59.6 Å². The van der Waals surface area contributed by atoms with Gasteiger partial charge in [-0.05, 0) is 37.3 Å². The number of ether oxygens (including phenoxy) is 1. The van der Waals surface area contributed by atoms with Crippen LogP contribution in [0, 0.1) is 0 Å². The molecule has 1 aliphatic heterocycles. The molecule has 0 saturated heterocycles. The zero-order valence-electron chi connectivity index (χ0n) is 15.5. The summed E-state index contributed by atoms with van der Waals surface area (Å²) < 4.78 is 6.26. The summed E-state index contributed by atoms with van der Waals surface area (Å²) in [4.78, 5) is 42.5. The predicted molar refractivity (Wildman–Crippen MR) is 112 cm³/mol. The largest absolute Gasteiger partial charge is 0.449 e. The summed E-state index contributed by atoms with van der Waals surface area (Å²) in [6.07, 6.45) is 1.77. The van der Waals surface area contributed by atoms with Crippen LogP contribution in [0.25, 0.3) is 16.3 Å². The van der Waals surface area contributed by atoms with E-state index in [1.165, 1.54) is 29.2 Å². The molecular weight excluding hydrogens is 390 g/mol. The molecule has 4 rings (SSSR count). The molecule has 2 amide bonds. The highest BCUT2D eigenvalue weighted by atomic mass is 32.1. The second kappa shape index (κ2) is 7.84. The lowest BCUT2D eigenvalue weighted by Gasteiger charge is -2.30. The van der Waals surface area contributed by atoms with Crippen LogP contribution in [0.3, 0.4) is 0 Å². The monoisotopic (exact) mass is 407 g/mol. The number of amides is 2. The van der Waals surface area contributed by atoms with Gasteiger partial charge in [-0.15, -0.1) is 11.3 Å². The molecule has 0 aliphatic carbocycles. The maximum Gasteiger partial charge on any atom is 0.331 e. The van der Waals surface area contributed by atoms with Gasteiger partial charge in [0.2, 0.25) is 5.91 Å². The fourth-order valence-electron chi connectivity index (χ4n) is 3.01. The van der Waals surface area contributed by atoms with Gasteiger partial charge in [0, 0.05) is 6.08 Å². The molecule has 7 nitrogen and oxygen atoms in total. The number of thiazole rings is 1. The Hall–Kier alpha value is -3.52.